The van der Waals surface area contributed by atoms with Crippen LogP contribution in [0.4, 0.5) is 0 Å². The molecule has 0 saturated carbocycles. The van der Waals surface area contributed by atoms with E-state index in [1.807, 2.05) is 19.9 Å². The van der Waals surface area contributed by atoms with Gasteiger partial charge in [0.1, 0.15) is 0 Å². The molecule has 1 aliphatic rings. The molecule has 1 aliphatic heterocycles. The van der Waals surface area contributed by atoms with E-state index < -0.39 is 5.97 Å². The third-order valence-corrected chi connectivity index (χ3v) is 4.52. The summed E-state index contributed by atoms with van der Waals surface area (Å²) < 4.78 is 10.7. The van der Waals surface area contributed by atoms with Gasteiger partial charge in [0.25, 0.3) is 5.91 Å². The molecule has 1 fully saturated rings. The van der Waals surface area contributed by atoms with E-state index in [4.69, 9.17) is 9.47 Å². The maximum atomic E-state index is 12.4. The van der Waals surface area contributed by atoms with E-state index in [0.717, 1.165) is 0 Å². The second kappa shape index (κ2) is 8.80. The number of rotatable bonds is 5. The molecule has 3 rings (SSSR count). The first-order valence-electron chi connectivity index (χ1n) is 9.24. The van der Waals surface area contributed by atoms with Crippen LogP contribution < -0.4 is 0 Å². The molecule has 1 saturated heterocycles. The Morgan fingerprint density at radius 1 is 0.893 bits per heavy atom. The monoisotopic (exact) mass is 381 g/mol. The van der Waals surface area contributed by atoms with Crippen molar-refractivity contribution >= 4 is 17.7 Å². The molecule has 6 heteroatoms. The highest BCUT2D eigenvalue weighted by Crippen LogP contribution is 2.13. The van der Waals surface area contributed by atoms with Gasteiger partial charge < -0.3 is 14.4 Å². The molecule has 0 aromatic heterocycles. The largest absolute Gasteiger partial charge is 0.452 e. The second-order valence-corrected chi connectivity index (χ2v) is 6.90. The Morgan fingerprint density at radius 2 is 1.43 bits per heavy atom. The normalized spacial score (nSPS) is 19.1. The number of ketones is 1. The van der Waals surface area contributed by atoms with Crippen molar-refractivity contribution < 1.29 is 23.9 Å². The Balaban J connectivity index is 1.56. The molecule has 0 N–H and O–H groups in total. The van der Waals surface area contributed by atoms with Crippen molar-refractivity contribution in [3.63, 3.8) is 0 Å². The number of morpholine rings is 1. The number of esters is 1. The van der Waals surface area contributed by atoms with Crippen LogP contribution in [-0.4, -0.2) is 54.5 Å². The molecule has 0 unspecified atom stereocenters. The molecule has 0 aliphatic carbocycles. The van der Waals surface area contributed by atoms with E-state index >= 15 is 0 Å². The highest BCUT2D eigenvalue weighted by atomic mass is 16.5. The summed E-state index contributed by atoms with van der Waals surface area (Å²) in [5.41, 5.74) is 1.36. The third-order valence-electron chi connectivity index (χ3n) is 4.52. The molecule has 0 radical (unpaired) electrons. The molecule has 2 atom stereocenters. The quantitative estimate of drug-likeness (QED) is 0.588. The van der Waals surface area contributed by atoms with Crippen molar-refractivity contribution in [2.75, 3.05) is 19.7 Å². The number of amides is 1. The standard InChI is InChI=1S/C22H23NO5/c1-15-12-23(13-16(2)28-15)20(24)14-27-22(26)19-10-8-18(9-11-19)21(25)17-6-4-3-5-7-17/h3-11,15-16H,12-14H2,1-2H3/t15-,16+. The van der Waals surface area contributed by atoms with Crippen molar-refractivity contribution in [3.05, 3.63) is 71.3 Å². The van der Waals surface area contributed by atoms with E-state index in [1.165, 1.54) is 12.1 Å². The molecular weight excluding hydrogens is 358 g/mol. The smallest absolute Gasteiger partial charge is 0.338 e. The van der Waals surface area contributed by atoms with Crippen LogP contribution in [0.2, 0.25) is 0 Å². The fourth-order valence-corrected chi connectivity index (χ4v) is 3.20. The summed E-state index contributed by atoms with van der Waals surface area (Å²) in [7, 11) is 0. The lowest BCUT2D eigenvalue weighted by atomic mass is 10.0. The van der Waals surface area contributed by atoms with Crippen molar-refractivity contribution in [1.82, 2.24) is 4.90 Å². The molecule has 2 aromatic carbocycles. The first kappa shape index (κ1) is 19.8. The number of hydrogen-bond donors (Lipinski definition) is 0. The molecule has 6 nitrogen and oxygen atoms in total. The number of carbonyl (C=O) groups excluding carboxylic acids is 3. The lowest BCUT2D eigenvalue weighted by Crippen LogP contribution is -2.49. The van der Waals surface area contributed by atoms with E-state index in [1.54, 1.807) is 41.3 Å². The first-order chi connectivity index (χ1) is 13.4. The van der Waals surface area contributed by atoms with Gasteiger partial charge in [-0.3, -0.25) is 9.59 Å². The van der Waals surface area contributed by atoms with Gasteiger partial charge in [-0.25, -0.2) is 4.79 Å². The molecule has 1 heterocycles. The summed E-state index contributed by atoms with van der Waals surface area (Å²) in [6.45, 7) is 4.46. The van der Waals surface area contributed by atoms with Crippen LogP contribution in [-0.2, 0) is 14.3 Å². The highest BCUT2D eigenvalue weighted by molar-refractivity contribution is 6.09. The van der Waals surface area contributed by atoms with Gasteiger partial charge in [-0.15, -0.1) is 0 Å². The first-order valence-corrected chi connectivity index (χ1v) is 9.24. The van der Waals surface area contributed by atoms with E-state index in [2.05, 4.69) is 0 Å². The Morgan fingerprint density at radius 3 is 2.04 bits per heavy atom. The number of carbonyl (C=O) groups is 3. The number of hydrogen-bond acceptors (Lipinski definition) is 5. The number of nitrogens with zero attached hydrogens (tertiary/aromatic N) is 1. The summed E-state index contributed by atoms with van der Waals surface area (Å²) >= 11 is 0. The zero-order valence-corrected chi connectivity index (χ0v) is 16.0. The number of benzene rings is 2. The van der Waals surface area contributed by atoms with Crippen LogP contribution in [0.15, 0.2) is 54.6 Å². The Bertz CT molecular complexity index is 837. The second-order valence-electron chi connectivity index (χ2n) is 6.90. The summed E-state index contributed by atoms with van der Waals surface area (Å²) in [6, 6.07) is 15.1. The molecule has 1 amide bonds. The van der Waals surface area contributed by atoms with E-state index in [-0.39, 0.29) is 30.5 Å². The third kappa shape index (κ3) is 4.84. The molecule has 146 valence electrons. The fourth-order valence-electron chi connectivity index (χ4n) is 3.20. The molecular formula is C22H23NO5. The van der Waals surface area contributed by atoms with Crippen LogP contribution in [0.25, 0.3) is 0 Å². The number of ether oxygens (including phenoxy) is 2. The summed E-state index contributed by atoms with van der Waals surface area (Å²) in [6.07, 6.45) is -0.0869. The van der Waals surface area contributed by atoms with Gasteiger partial charge in [0.15, 0.2) is 12.4 Å². The highest BCUT2D eigenvalue weighted by Gasteiger charge is 2.26. The molecule has 0 bridgehead atoms. The van der Waals surface area contributed by atoms with Crippen molar-refractivity contribution in [3.8, 4) is 0 Å². The fraction of sp³-hybridized carbons (Fsp3) is 0.318. The average Bonchev–Trinajstić information content (AvgIpc) is 2.71. The van der Waals surface area contributed by atoms with Gasteiger partial charge in [0.2, 0.25) is 0 Å². The van der Waals surface area contributed by atoms with Crippen molar-refractivity contribution in [2.24, 2.45) is 0 Å². The van der Waals surface area contributed by atoms with Gasteiger partial charge in [0.05, 0.1) is 17.8 Å². The van der Waals surface area contributed by atoms with Crippen LogP contribution in [0.5, 0.6) is 0 Å². The predicted octanol–water partition coefficient (Wildman–Crippen LogP) is 2.71. The summed E-state index contributed by atoms with van der Waals surface area (Å²) in [4.78, 5) is 38.5. The minimum Gasteiger partial charge on any atom is -0.452 e. The Labute approximate surface area is 164 Å². The van der Waals surface area contributed by atoms with Crippen LogP contribution >= 0.6 is 0 Å². The molecule has 28 heavy (non-hydrogen) atoms. The van der Waals surface area contributed by atoms with Crippen molar-refractivity contribution in [2.45, 2.75) is 26.1 Å². The Kier molecular flexibility index (Phi) is 6.21. The summed E-state index contributed by atoms with van der Waals surface area (Å²) in [5, 5.41) is 0. The lowest BCUT2D eigenvalue weighted by molar-refractivity contribution is -0.146. The lowest BCUT2D eigenvalue weighted by Gasteiger charge is -2.35. The van der Waals surface area contributed by atoms with Crippen molar-refractivity contribution in [1.29, 1.82) is 0 Å². The zero-order chi connectivity index (χ0) is 20.1. The van der Waals surface area contributed by atoms with Crippen LogP contribution in [0.3, 0.4) is 0 Å². The molecule has 2 aromatic rings. The van der Waals surface area contributed by atoms with Gasteiger partial charge in [0, 0.05) is 24.2 Å². The summed E-state index contributed by atoms with van der Waals surface area (Å²) in [5.74, 6) is -0.959. The van der Waals surface area contributed by atoms with Crippen LogP contribution in [0.1, 0.15) is 40.1 Å². The average molecular weight is 381 g/mol. The van der Waals surface area contributed by atoms with Gasteiger partial charge >= 0.3 is 5.97 Å². The van der Waals surface area contributed by atoms with Crippen LogP contribution in [0, 0.1) is 0 Å². The van der Waals surface area contributed by atoms with Gasteiger partial charge in [-0.1, -0.05) is 42.5 Å². The molecule has 0 spiro atoms. The van der Waals surface area contributed by atoms with Gasteiger partial charge in [-0.2, -0.15) is 0 Å². The SMILES string of the molecule is C[C@@H]1CN(C(=O)COC(=O)c2ccc(C(=O)c3ccccc3)cc2)C[C@H](C)O1. The van der Waals surface area contributed by atoms with E-state index in [9.17, 15) is 14.4 Å². The zero-order valence-electron chi connectivity index (χ0n) is 16.0. The topological polar surface area (TPSA) is 72.9 Å². The maximum Gasteiger partial charge on any atom is 0.338 e. The predicted molar refractivity (Wildman–Crippen MR) is 103 cm³/mol. The Hall–Kier alpha value is -2.99. The minimum atomic E-state index is -0.596. The minimum absolute atomic E-state index is 0.0434. The van der Waals surface area contributed by atoms with E-state index in [0.29, 0.717) is 29.8 Å². The van der Waals surface area contributed by atoms with Gasteiger partial charge in [-0.05, 0) is 26.0 Å². The maximum absolute atomic E-state index is 12.4.